The Labute approximate surface area is 134 Å². The van der Waals surface area contributed by atoms with Gasteiger partial charge in [0.2, 0.25) is 10.0 Å². The molecule has 0 unspecified atom stereocenters. The summed E-state index contributed by atoms with van der Waals surface area (Å²) < 4.78 is 26.5. The van der Waals surface area contributed by atoms with Gasteiger partial charge in [-0.1, -0.05) is 6.07 Å². The molecule has 10 heteroatoms. The summed E-state index contributed by atoms with van der Waals surface area (Å²) in [5.41, 5.74) is 5.52. The summed E-state index contributed by atoms with van der Waals surface area (Å²) in [6.07, 6.45) is 2.18. The summed E-state index contributed by atoms with van der Waals surface area (Å²) in [6, 6.07) is 5.31. The molecule has 9 nitrogen and oxygen atoms in total. The predicted octanol–water partition coefficient (Wildman–Crippen LogP) is 0.282. The third-order valence-electron chi connectivity index (χ3n) is 3.47. The summed E-state index contributed by atoms with van der Waals surface area (Å²) in [4.78, 5) is 15.9. The first kappa shape index (κ1) is 17.2. The normalized spacial score (nSPS) is 15.4. The zero-order valence-corrected chi connectivity index (χ0v) is 13.5. The van der Waals surface area contributed by atoms with Crippen LogP contribution >= 0.6 is 0 Å². The van der Waals surface area contributed by atoms with Crippen LogP contribution in [0.2, 0.25) is 0 Å². The monoisotopic (exact) mass is 341 g/mol. The van der Waals surface area contributed by atoms with Gasteiger partial charge in [-0.25, -0.2) is 13.1 Å². The van der Waals surface area contributed by atoms with E-state index in [0.29, 0.717) is 12.0 Å². The molecule has 1 aromatic carbocycles. The van der Waals surface area contributed by atoms with Gasteiger partial charge in [-0.05, 0) is 18.9 Å². The van der Waals surface area contributed by atoms with E-state index in [1.807, 2.05) is 11.9 Å². The van der Waals surface area contributed by atoms with Crippen LogP contribution in [0.3, 0.4) is 0 Å². The summed E-state index contributed by atoms with van der Waals surface area (Å²) in [6.45, 7) is 0.251. The summed E-state index contributed by atoms with van der Waals surface area (Å²) >= 11 is 0. The second kappa shape index (κ2) is 6.92. The van der Waals surface area contributed by atoms with E-state index >= 15 is 0 Å². The highest BCUT2D eigenvalue weighted by Crippen LogP contribution is 2.24. The number of nitrogens with one attached hydrogen (secondary N) is 1. The molecule has 0 aromatic heterocycles. The van der Waals surface area contributed by atoms with Crippen LogP contribution in [-0.4, -0.2) is 50.4 Å². The van der Waals surface area contributed by atoms with E-state index in [1.54, 1.807) is 0 Å². The van der Waals surface area contributed by atoms with Crippen LogP contribution in [-0.2, 0) is 10.0 Å². The number of nitrogens with zero attached hydrogens (tertiary/aromatic N) is 3. The molecule has 0 atom stereocenters. The Morgan fingerprint density at radius 2 is 2.22 bits per heavy atom. The van der Waals surface area contributed by atoms with Gasteiger partial charge in [0.15, 0.2) is 5.96 Å². The number of hydrogen-bond acceptors (Lipinski definition) is 5. The van der Waals surface area contributed by atoms with Crippen molar-refractivity contribution in [3.8, 4) is 0 Å². The molecule has 0 bridgehead atoms. The maximum atomic E-state index is 12.1. The van der Waals surface area contributed by atoms with Crippen LogP contribution in [0, 0.1) is 10.1 Å². The Balaban J connectivity index is 1.92. The van der Waals surface area contributed by atoms with Crippen molar-refractivity contribution in [1.82, 2.24) is 9.62 Å². The van der Waals surface area contributed by atoms with Crippen molar-refractivity contribution in [3.63, 3.8) is 0 Å². The first-order valence-electron chi connectivity index (χ1n) is 7.08. The van der Waals surface area contributed by atoms with Crippen molar-refractivity contribution in [1.29, 1.82) is 0 Å². The molecule has 0 spiro atoms. The van der Waals surface area contributed by atoms with Crippen LogP contribution in [0.4, 0.5) is 5.69 Å². The molecule has 23 heavy (non-hydrogen) atoms. The predicted molar refractivity (Wildman–Crippen MR) is 85.6 cm³/mol. The quantitative estimate of drug-likeness (QED) is 0.241. The maximum absolute atomic E-state index is 12.1. The summed E-state index contributed by atoms with van der Waals surface area (Å²) in [5.74, 6) is 0.377. The Hall–Kier alpha value is -2.20. The van der Waals surface area contributed by atoms with Gasteiger partial charge in [0, 0.05) is 31.8 Å². The number of sulfonamides is 1. The van der Waals surface area contributed by atoms with Gasteiger partial charge in [0.05, 0.1) is 16.4 Å². The molecular weight excluding hydrogens is 322 g/mol. The first-order chi connectivity index (χ1) is 10.8. The molecule has 1 fully saturated rings. The van der Waals surface area contributed by atoms with E-state index in [0.717, 1.165) is 18.9 Å². The fourth-order valence-electron chi connectivity index (χ4n) is 1.96. The largest absolute Gasteiger partial charge is 0.370 e. The van der Waals surface area contributed by atoms with Crippen molar-refractivity contribution < 1.29 is 13.3 Å². The second-order valence-electron chi connectivity index (χ2n) is 5.23. The van der Waals surface area contributed by atoms with Gasteiger partial charge >= 0.3 is 0 Å². The van der Waals surface area contributed by atoms with Crippen LogP contribution in [0.1, 0.15) is 12.8 Å². The minimum atomic E-state index is -3.82. The van der Waals surface area contributed by atoms with Crippen molar-refractivity contribution in [2.24, 2.45) is 10.7 Å². The molecule has 126 valence electrons. The molecule has 3 N–H and O–H groups in total. The van der Waals surface area contributed by atoms with Gasteiger partial charge < -0.3 is 10.6 Å². The third-order valence-corrected chi connectivity index (χ3v) is 4.93. The highest BCUT2D eigenvalue weighted by molar-refractivity contribution is 7.89. The molecule has 0 saturated heterocycles. The Morgan fingerprint density at radius 3 is 2.83 bits per heavy atom. The van der Waals surface area contributed by atoms with E-state index in [1.165, 1.54) is 18.2 Å². The van der Waals surface area contributed by atoms with Crippen molar-refractivity contribution in [2.75, 3.05) is 20.1 Å². The van der Waals surface area contributed by atoms with Crippen LogP contribution in [0.5, 0.6) is 0 Å². The van der Waals surface area contributed by atoms with Crippen LogP contribution < -0.4 is 10.5 Å². The SMILES string of the molecule is CN(C(N)=NCCNS(=O)(=O)c1cccc([N+](=O)[O-])c1)C1CC1. The smallest absolute Gasteiger partial charge is 0.270 e. The van der Waals surface area contributed by atoms with Gasteiger partial charge in [-0.2, -0.15) is 0 Å². The standard InChI is InChI=1S/C13H19N5O4S/c1-17(10-5-6-10)13(14)15-7-8-16-23(21,22)12-4-2-3-11(9-12)18(19)20/h2-4,9-10,16H,5-8H2,1H3,(H2,14,15). The highest BCUT2D eigenvalue weighted by Gasteiger charge is 2.27. The number of nitro benzene ring substituents is 1. The van der Waals surface area contributed by atoms with E-state index < -0.39 is 14.9 Å². The van der Waals surface area contributed by atoms with Gasteiger partial charge in [0.1, 0.15) is 0 Å². The lowest BCUT2D eigenvalue weighted by Crippen LogP contribution is -2.36. The van der Waals surface area contributed by atoms with Gasteiger partial charge in [0.25, 0.3) is 5.69 Å². The van der Waals surface area contributed by atoms with Gasteiger partial charge in [-0.3, -0.25) is 15.1 Å². The van der Waals surface area contributed by atoms with E-state index in [9.17, 15) is 18.5 Å². The van der Waals surface area contributed by atoms with Crippen molar-refractivity contribution >= 4 is 21.7 Å². The number of nitro groups is 1. The summed E-state index contributed by atoms with van der Waals surface area (Å²) in [5, 5.41) is 10.7. The Morgan fingerprint density at radius 1 is 1.52 bits per heavy atom. The lowest BCUT2D eigenvalue weighted by atomic mass is 10.3. The number of aliphatic imine (C=N–C) groups is 1. The van der Waals surface area contributed by atoms with Crippen molar-refractivity contribution in [2.45, 2.75) is 23.8 Å². The fraction of sp³-hybridized carbons (Fsp3) is 0.462. The van der Waals surface area contributed by atoms with Crippen LogP contribution in [0.15, 0.2) is 34.2 Å². The number of rotatable bonds is 7. The first-order valence-corrected chi connectivity index (χ1v) is 8.56. The number of hydrogen-bond donors (Lipinski definition) is 2. The molecule has 0 aliphatic heterocycles. The average Bonchev–Trinajstić information content (AvgIpc) is 3.35. The number of non-ortho nitro benzene ring substituents is 1. The second-order valence-corrected chi connectivity index (χ2v) is 7.00. The topological polar surface area (TPSA) is 131 Å². The Bertz CT molecular complexity index is 715. The molecule has 1 aromatic rings. The lowest BCUT2D eigenvalue weighted by molar-refractivity contribution is -0.385. The number of benzene rings is 1. The highest BCUT2D eigenvalue weighted by atomic mass is 32.2. The molecule has 1 saturated carbocycles. The molecule has 0 radical (unpaired) electrons. The molecule has 1 aliphatic rings. The zero-order chi connectivity index (χ0) is 17.0. The molecule has 2 rings (SSSR count). The Kier molecular flexibility index (Phi) is 5.16. The molecule has 0 heterocycles. The molecule has 1 aliphatic carbocycles. The van der Waals surface area contributed by atoms with E-state index in [-0.39, 0.29) is 23.7 Å². The number of guanidine groups is 1. The van der Waals surface area contributed by atoms with Gasteiger partial charge in [-0.15, -0.1) is 0 Å². The summed E-state index contributed by atoms with van der Waals surface area (Å²) in [7, 11) is -1.97. The minimum absolute atomic E-state index is 0.0598. The molecule has 0 amide bonds. The zero-order valence-electron chi connectivity index (χ0n) is 12.7. The van der Waals surface area contributed by atoms with E-state index in [4.69, 9.17) is 5.73 Å². The van der Waals surface area contributed by atoms with Crippen LogP contribution in [0.25, 0.3) is 0 Å². The third kappa shape index (κ3) is 4.63. The van der Waals surface area contributed by atoms with E-state index in [2.05, 4.69) is 9.71 Å². The minimum Gasteiger partial charge on any atom is -0.370 e. The fourth-order valence-corrected chi connectivity index (χ4v) is 3.02. The lowest BCUT2D eigenvalue weighted by Gasteiger charge is -2.16. The average molecular weight is 341 g/mol. The maximum Gasteiger partial charge on any atom is 0.270 e. The molecular formula is C13H19N5O4S. The number of nitrogens with two attached hydrogens (primary N) is 1. The van der Waals surface area contributed by atoms with Crippen molar-refractivity contribution in [3.05, 3.63) is 34.4 Å².